The number of nitrogens with zero attached hydrogens (tertiary/aromatic N) is 4. The normalized spacial score (nSPS) is 19.1. The second kappa shape index (κ2) is 7.72. The van der Waals surface area contributed by atoms with Crippen LogP contribution in [-0.4, -0.2) is 61.4 Å². The maximum absolute atomic E-state index is 12.8. The molecule has 1 aromatic carbocycles. The zero-order valence-corrected chi connectivity index (χ0v) is 17.2. The number of hydrogen-bond donors (Lipinski definition) is 1. The van der Waals surface area contributed by atoms with E-state index >= 15 is 0 Å². The average Bonchev–Trinajstić information content (AvgIpc) is 3.03. The predicted molar refractivity (Wildman–Crippen MR) is 110 cm³/mol. The fourth-order valence-electron chi connectivity index (χ4n) is 3.90. The van der Waals surface area contributed by atoms with Crippen LogP contribution in [-0.2, 0) is 32.6 Å². The number of anilines is 1. The minimum Gasteiger partial charge on any atom is -0.353 e. The summed E-state index contributed by atoms with van der Waals surface area (Å²) in [7, 11) is -3.14. The monoisotopic (exact) mass is 415 g/mol. The number of amides is 1. The van der Waals surface area contributed by atoms with E-state index in [4.69, 9.17) is 5.73 Å². The number of carbonyl (C=O) groups excluding carboxylic acids is 1. The van der Waals surface area contributed by atoms with E-state index in [-0.39, 0.29) is 17.4 Å². The number of benzene rings is 1. The highest BCUT2D eigenvalue weighted by Crippen LogP contribution is 2.30. The smallest absolute Gasteiger partial charge is 0.239 e. The third kappa shape index (κ3) is 4.25. The Balaban J connectivity index is 1.38. The molecular formula is C20H25N5O3S. The summed E-state index contributed by atoms with van der Waals surface area (Å²) in [5.41, 5.74) is 9.69. The second-order valence-electron chi connectivity index (χ2n) is 7.76. The van der Waals surface area contributed by atoms with Crippen molar-refractivity contribution in [3.8, 4) is 0 Å². The van der Waals surface area contributed by atoms with Gasteiger partial charge in [0.25, 0.3) is 0 Å². The first-order chi connectivity index (χ1) is 13.8. The number of nitrogens with two attached hydrogens (primary N) is 1. The van der Waals surface area contributed by atoms with Gasteiger partial charge in [0.05, 0.1) is 23.2 Å². The van der Waals surface area contributed by atoms with E-state index in [0.717, 1.165) is 5.56 Å². The van der Waals surface area contributed by atoms with Crippen molar-refractivity contribution < 1.29 is 13.2 Å². The lowest BCUT2D eigenvalue weighted by molar-refractivity contribution is -0.132. The molecule has 0 aliphatic carbocycles. The van der Waals surface area contributed by atoms with Gasteiger partial charge in [0, 0.05) is 31.7 Å². The maximum atomic E-state index is 12.8. The standard InChI is InChI=1S/C20H25N5O3S/c1-14-2-4-15(5-3-14)10-17(21)20(26)25-8-6-24(7-9-25)19-16-11-29(27,28)12-18(16)22-13-23-19/h2-5,13,17H,6-12,21H2,1H3/t17-/m1/s1. The molecule has 1 fully saturated rings. The lowest BCUT2D eigenvalue weighted by Crippen LogP contribution is -2.54. The predicted octanol–water partition coefficient (Wildman–Crippen LogP) is 0.432. The van der Waals surface area contributed by atoms with Gasteiger partial charge in [0.2, 0.25) is 5.91 Å². The Labute approximate surface area is 170 Å². The first-order valence-electron chi connectivity index (χ1n) is 9.70. The van der Waals surface area contributed by atoms with Crippen LogP contribution in [0.5, 0.6) is 0 Å². The Morgan fingerprint density at radius 3 is 2.48 bits per heavy atom. The van der Waals surface area contributed by atoms with Crippen LogP contribution in [0.1, 0.15) is 22.4 Å². The highest BCUT2D eigenvalue weighted by Gasteiger charge is 2.32. The maximum Gasteiger partial charge on any atom is 0.239 e. The van der Waals surface area contributed by atoms with Gasteiger partial charge in [-0.05, 0) is 18.9 Å². The van der Waals surface area contributed by atoms with Crippen LogP contribution >= 0.6 is 0 Å². The summed E-state index contributed by atoms with van der Waals surface area (Å²) in [6.07, 6.45) is 1.93. The van der Waals surface area contributed by atoms with E-state index in [1.807, 2.05) is 36.1 Å². The van der Waals surface area contributed by atoms with Crippen molar-refractivity contribution in [1.82, 2.24) is 14.9 Å². The number of hydrogen-bond acceptors (Lipinski definition) is 7. The van der Waals surface area contributed by atoms with Crippen molar-refractivity contribution in [1.29, 1.82) is 0 Å². The largest absolute Gasteiger partial charge is 0.353 e. The summed E-state index contributed by atoms with van der Waals surface area (Å²) in [5.74, 6) is 0.580. The molecule has 3 heterocycles. The number of rotatable bonds is 4. The first kappa shape index (κ1) is 19.8. The molecule has 2 N–H and O–H groups in total. The zero-order chi connectivity index (χ0) is 20.6. The van der Waals surface area contributed by atoms with Crippen molar-refractivity contribution in [3.63, 3.8) is 0 Å². The molecule has 154 valence electrons. The molecule has 8 nitrogen and oxygen atoms in total. The minimum atomic E-state index is -3.14. The van der Waals surface area contributed by atoms with Crippen molar-refractivity contribution in [2.45, 2.75) is 30.9 Å². The highest BCUT2D eigenvalue weighted by molar-refractivity contribution is 7.90. The van der Waals surface area contributed by atoms with Crippen LogP contribution < -0.4 is 10.6 Å². The summed E-state index contributed by atoms with van der Waals surface area (Å²) in [4.78, 5) is 25.0. The number of fused-ring (bicyclic) bond motifs is 1. The number of sulfone groups is 1. The lowest BCUT2D eigenvalue weighted by Gasteiger charge is -2.37. The number of aryl methyl sites for hydroxylation is 1. The van der Waals surface area contributed by atoms with Crippen LogP contribution in [0.25, 0.3) is 0 Å². The van der Waals surface area contributed by atoms with Crippen LogP contribution in [0.2, 0.25) is 0 Å². The minimum absolute atomic E-state index is 0.0148. The molecule has 2 aromatic rings. The van der Waals surface area contributed by atoms with Gasteiger partial charge < -0.3 is 15.5 Å². The van der Waals surface area contributed by atoms with E-state index in [2.05, 4.69) is 9.97 Å². The zero-order valence-electron chi connectivity index (χ0n) is 16.4. The number of piperazine rings is 1. The third-order valence-corrected chi connectivity index (χ3v) is 6.96. The molecule has 4 rings (SSSR count). The Kier molecular flexibility index (Phi) is 5.26. The molecule has 2 aliphatic heterocycles. The Bertz CT molecular complexity index is 1010. The summed E-state index contributed by atoms with van der Waals surface area (Å²) < 4.78 is 23.9. The van der Waals surface area contributed by atoms with Gasteiger partial charge in [-0.1, -0.05) is 29.8 Å². The summed E-state index contributed by atoms with van der Waals surface area (Å²) in [5, 5.41) is 0. The van der Waals surface area contributed by atoms with Gasteiger partial charge in [-0.25, -0.2) is 18.4 Å². The van der Waals surface area contributed by atoms with Crippen LogP contribution in [0.4, 0.5) is 5.82 Å². The molecule has 0 bridgehead atoms. The summed E-state index contributed by atoms with van der Waals surface area (Å²) >= 11 is 0. The number of carbonyl (C=O) groups is 1. The highest BCUT2D eigenvalue weighted by atomic mass is 32.2. The van der Waals surface area contributed by atoms with Crippen LogP contribution in [0.3, 0.4) is 0 Å². The summed E-state index contributed by atoms with van der Waals surface area (Å²) in [6.45, 7) is 4.27. The van der Waals surface area contributed by atoms with Gasteiger partial charge in [0.15, 0.2) is 9.84 Å². The fraction of sp³-hybridized carbons (Fsp3) is 0.450. The van der Waals surface area contributed by atoms with Crippen molar-refractivity contribution in [3.05, 3.63) is 53.0 Å². The number of aromatic nitrogens is 2. The Hall–Kier alpha value is -2.52. The fourth-order valence-corrected chi connectivity index (χ4v) is 5.40. The molecule has 1 amide bonds. The summed E-state index contributed by atoms with van der Waals surface area (Å²) in [6, 6.07) is 7.48. The van der Waals surface area contributed by atoms with Gasteiger partial charge in [-0.2, -0.15) is 0 Å². The average molecular weight is 416 g/mol. The Morgan fingerprint density at radius 1 is 1.10 bits per heavy atom. The molecule has 29 heavy (non-hydrogen) atoms. The van der Waals surface area contributed by atoms with E-state index < -0.39 is 15.9 Å². The molecule has 1 aromatic heterocycles. The van der Waals surface area contributed by atoms with Crippen molar-refractivity contribution >= 4 is 21.6 Å². The molecule has 1 atom stereocenters. The molecule has 1 saturated heterocycles. The SMILES string of the molecule is Cc1ccc(C[C@@H](N)C(=O)N2CCN(c3ncnc4c3CS(=O)(=O)C4)CC2)cc1. The quantitative estimate of drug-likeness (QED) is 0.771. The van der Waals surface area contributed by atoms with Crippen LogP contribution in [0.15, 0.2) is 30.6 Å². The molecule has 9 heteroatoms. The van der Waals surface area contributed by atoms with Gasteiger partial charge >= 0.3 is 0 Å². The van der Waals surface area contributed by atoms with Crippen LogP contribution in [0, 0.1) is 6.92 Å². The van der Waals surface area contributed by atoms with Gasteiger partial charge in [-0.3, -0.25) is 4.79 Å². The van der Waals surface area contributed by atoms with Gasteiger partial charge in [-0.15, -0.1) is 0 Å². The molecule has 0 unspecified atom stereocenters. The Morgan fingerprint density at radius 2 is 1.79 bits per heavy atom. The molecule has 0 spiro atoms. The van der Waals surface area contributed by atoms with E-state index in [0.29, 0.717) is 49.7 Å². The molecule has 0 saturated carbocycles. The van der Waals surface area contributed by atoms with E-state index in [1.54, 1.807) is 4.90 Å². The van der Waals surface area contributed by atoms with Gasteiger partial charge in [0.1, 0.15) is 12.1 Å². The first-order valence-corrected chi connectivity index (χ1v) is 11.5. The van der Waals surface area contributed by atoms with E-state index in [1.165, 1.54) is 11.9 Å². The topological polar surface area (TPSA) is 109 Å². The molecular weight excluding hydrogens is 390 g/mol. The lowest BCUT2D eigenvalue weighted by atomic mass is 10.0. The second-order valence-corrected chi connectivity index (χ2v) is 9.83. The molecule has 0 radical (unpaired) electrons. The molecule has 2 aliphatic rings. The van der Waals surface area contributed by atoms with Crippen molar-refractivity contribution in [2.24, 2.45) is 5.73 Å². The van der Waals surface area contributed by atoms with Crippen molar-refractivity contribution in [2.75, 3.05) is 31.1 Å². The third-order valence-electron chi connectivity index (χ3n) is 5.52. The van der Waals surface area contributed by atoms with E-state index in [9.17, 15) is 13.2 Å².